The summed E-state index contributed by atoms with van der Waals surface area (Å²) in [6.07, 6.45) is 6.07. The summed E-state index contributed by atoms with van der Waals surface area (Å²) in [6.45, 7) is 2.20. The van der Waals surface area contributed by atoms with Crippen LogP contribution in [0.2, 0.25) is 0 Å². The number of ether oxygens (including phenoxy) is 1. The highest BCUT2D eigenvalue weighted by Crippen LogP contribution is 2.47. The fraction of sp³-hybridized carbons (Fsp3) is 0.300. The molecule has 0 aliphatic heterocycles. The van der Waals surface area contributed by atoms with E-state index in [0.717, 1.165) is 29.3 Å². The molecule has 30 heavy (non-hydrogen) atoms. The average Bonchev–Trinajstić information content (AvgIpc) is 3.28. The van der Waals surface area contributed by atoms with Crippen molar-refractivity contribution in [2.24, 2.45) is 13.0 Å². The molecule has 4 aromatic heterocycles. The van der Waals surface area contributed by atoms with E-state index in [-0.39, 0.29) is 17.8 Å². The van der Waals surface area contributed by atoms with Crippen molar-refractivity contribution in [3.63, 3.8) is 0 Å². The van der Waals surface area contributed by atoms with E-state index in [9.17, 15) is 4.79 Å². The second-order valence-electron chi connectivity index (χ2n) is 7.13. The number of nitrogens with zero attached hydrogens (tertiary/aromatic N) is 7. The number of anilines is 2. The smallest absolute Gasteiger partial charge is 0.309 e. The van der Waals surface area contributed by atoms with E-state index in [1.54, 1.807) is 17.1 Å². The normalized spacial score (nSPS) is 17.8. The quantitative estimate of drug-likeness (QED) is 0.487. The predicted octanol–water partition coefficient (Wildman–Crippen LogP) is 2.33. The maximum Gasteiger partial charge on any atom is 0.309 e. The van der Waals surface area contributed by atoms with Crippen LogP contribution in [0.3, 0.4) is 0 Å². The lowest BCUT2D eigenvalue weighted by Gasteiger charge is -2.07. The highest BCUT2D eigenvalue weighted by atomic mass is 16.5. The van der Waals surface area contributed by atoms with Gasteiger partial charge < -0.3 is 10.1 Å². The van der Waals surface area contributed by atoms with Gasteiger partial charge in [-0.15, -0.1) is 10.2 Å². The second-order valence-corrected chi connectivity index (χ2v) is 7.13. The largest absolute Gasteiger partial charge is 0.466 e. The molecule has 5 rings (SSSR count). The highest BCUT2D eigenvalue weighted by molar-refractivity contribution is 5.77. The predicted molar refractivity (Wildman–Crippen MR) is 108 cm³/mol. The molecule has 0 spiro atoms. The van der Waals surface area contributed by atoms with E-state index >= 15 is 0 Å². The molecule has 0 aromatic carbocycles. The van der Waals surface area contributed by atoms with Gasteiger partial charge in [-0.05, 0) is 31.5 Å². The summed E-state index contributed by atoms with van der Waals surface area (Å²) in [5.74, 6) is 1.83. The van der Waals surface area contributed by atoms with Crippen LogP contribution in [-0.2, 0) is 16.6 Å². The van der Waals surface area contributed by atoms with Crippen LogP contribution in [0.25, 0.3) is 16.9 Å². The Balaban J connectivity index is 1.39. The van der Waals surface area contributed by atoms with Crippen LogP contribution in [0.5, 0.6) is 0 Å². The van der Waals surface area contributed by atoms with Gasteiger partial charge in [-0.1, -0.05) is 0 Å². The van der Waals surface area contributed by atoms with Gasteiger partial charge in [0, 0.05) is 37.0 Å². The lowest BCUT2D eigenvalue weighted by atomic mass is 10.2. The number of aryl methyl sites for hydroxylation is 1. The minimum atomic E-state index is -0.162. The molecule has 10 heteroatoms. The molecule has 152 valence electrons. The third-order valence-corrected chi connectivity index (χ3v) is 5.16. The molecule has 1 N–H and O–H groups in total. The number of pyridine rings is 1. The van der Waals surface area contributed by atoms with Gasteiger partial charge in [-0.25, -0.2) is 9.97 Å². The van der Waals surface area contributed by atoms with Crippen LogP contribution in [0, 0.1) is 5.92 Å². The van der Waals surface area contributed by atoms with Crippen LogP contribution < -0.4 is 5.32 Å². The Hall–Kier alpha value is -3.82. The highest BCUT2D eigenvalue weighted by Gasteiger charge is 2.48. The molecule has 4 aromatic rings. The molecule has 0 unspecified atom stereocenters. The number of hydrogen-bond donors (Lipinski definition) is 1. The average molecular weight is 404 g/mol. The lowest BCUT2D eigenvalue weighted by Crippen LogP contribution is -2.08. The Bertz CT molecular complexity index is 1230. The minimum Gasteiger partial charge on any atom is -0.466 e. The molecule has 2 atom stereocenters. The van der Waals surface area contributed by atoms with Crippen molar-refractivity contribution in [1.82, 2.24) is 34.3 Å². The Labute approximate surface area is 171 Å². The number of carbonyl (C=O) groups is 1. The van der Waals surface area contributed by atoms with E-state index in [2.05, 4.69) is 30.6 Å². The summed E-state index contributed by atoms with van der Waals surface area (Å²) in [5, 5.41) is 15.9. The van der Waals surface area contributed by atoms with Crippen LogP contribution in [0.4, 0.5) is 11.8 Å². The monoisotopic (exact) mass is 404 g/mol. The van der Waals surface area contributed by atoms with Crippen LogP contribution in [0.15, 0.2) is 42.9 Å². The standard InChI is InChI=1S/C20H20N8O2/c1-3-30-19(29)14-11-13(14)18-26-25-17-10-12(6-9-28(17)18)15-4-7-21-20(23-15)24-16-5-8-22-27(16)2/h4-10,13-14H,3,11H2,1-2H3,(H,21,23,24)/t13-,14-/m0/s1. The molecule has 10 nitrogen and oxygen atoms in total. The van der Waals surface area contributed by atoms with Crippen molar-refractivity contribution in [2.75, 3.05) is 11.9 Å². The summed E-state index contributed by atoms with van der Waals surface area (Å²) in [5.41, 5.74) is 2.36. The van der Waals surface area contributed by atoms with Crippen molar-refractivity contribution < 1.29 is 9.53 Å². The maximum absolute atomic E-state index is 11.9. The van der Waals surface area contributed by atoms with Crippen LogP contribution >= 0.6 is 0 Å². The van der Waals surface area contributed by atoms with Crippen LogP contribution in [0.1, 0.15) is 25.1 Å². The second kappa shape index (κ2) is 7.21. The van der Waals surface area contributed by atoms with E-state index in [1.807, 2.05) is 48.8 Å². The van der Waals surface area contributed by atoms with E-state index in [1.165, 1.54) is 0 Å². The van der Waals surface area contributed by atoms with Crippen molar-refractivity contribution >= 4 is 23.4 Å². The first-order valence-corrected chi connectivity index (χ1v) is 9.74. The Kier molecular flexibility index (Phi) is 4.38. The molecule has 1 saturated carbocycles. The van der Waals surface area contributed by atoms with Gasteiger partial charge in [-0.3, -0.25) is 13.9 Å². The number of fused-ring (bicyclic) bond motifs is 1. The Morgan fingerprint density at radius 3 is 2.97 bits per heavy atom. The van der Waals surface area contributed by atoms with E-state index < -0.39 is 0 Å². The Morgan fingerprint density at radius 2 is 2.17 bits per heavy atom. The zero-order chi connectivity index (χ0) is 20.7. The van der Waals surface area contributed by atoms with Crippen molar-refractivity contribution in [3.05, 3.63) is 48.7 Å². The summed E-state index contributed by atoms with van der Waals surface area (Å²) in [6, 6.07) is 7.57. The molecule has 1 aliphatic carbocycles. The first-order valence-electron chi connectivity index (χ1n) is 9.74. The number of aromatic nitrogens is 7. The number of esters is 1. The van der Waals surface area contributed by atoms with Crippen LogP contribution in [-0.4, -0.2) is 46.9 Å². The molecule has 0 saturated heterocycles. The summed E-state index contributed by atoms with van der Waals surface area (Å²) < 4.78 is 8.75. The molecule has 1 aliphatic rings. The number of nitrogens with one attached hydrogen (secondary N) is 1. The molecule has 0 bridgehead atoms. The zero-order valence-electron chi connectivity index (χ0n) is 16.6. The molecule has 1 fully saturated rings. The summed E-state index contributed by atoms with van der Waals surface area (Å²) in [4.78, 5) is 20.8. The van der Waals surface area contributed by atoms with Gasteiger partial charge in [0.15, 0.2) is 5.65 Å². The molecular weight excluding hydrogens is 384 g/mol. The Morgan fingerprint density at radius 1 is 1.27 bits per heavy atom. The fourth-order valence-electron chi connectivity index (χ4n) is 3.50. The molecular formula is C20H20N8O2. The number of hydrogen-bond acceptors (Lipinski definition) is 8. The lowest BCUT2D eigenvalue weighted by molar-refractivity contribution is -0.144. The SMILES string of the molecule is CCOC(=O)[C@H]1C[C@@H]1c1nnc2cc(-c3ccnc(Nc4ccnn4C)n3)ccn12. The van der Waals surface area contributed by atoms with Crippen molar-refractivity contribution in [2.45, 2.75) is 19.3 Å². The van der Waals surface area contributed by atoms with Gasteiger partial charge in [0.05, 0.1) is 24.4 Å². The third kappa shape index (κ3) is 3.25. The first-order chi connectivity index (χ1) is 14.6. The van der Waals surface area contributed by atoms with E-state index in [0.29, 0.717) is 18.2 Å². The van der Waals surface area contributed by atoms with Gasteiger partial charge in [0.1, 0.15) is 11.6 Å². The molecule has 0 amide bonds. The fourth-order valence-corrected chi connectivity index (χ4v) is 3.50. The number of rotatable bonds is 6. The molecule has 0 radical (unpaired) electrons. The third-order valence-electron chi connectivity index (χ3n) is 5.16. The van der Waals surface area contributed by atoms with Gasteiger partial charge in [0.2, 0.25) is 5.95 Å². The number of carbonyl (C=O) groups excluding carboxylic acids is 1. The van der Waals surface area contributed by atoms with Crippen molar-refractivity contribution in [3.8, 4) is 11.3 Å². The van der Waals surface area contributed by atoms with Gasteiger partial charge >= 0.3 is 5.97 Å². The van der Waals surface area contributed by atoms with E-state index in [4.69, 9.17) is 4.74 Å². The molecule has 4 heterocycles. The topological polar surface area (TPSA) is 112 Å². The van der Waals surface area contributed by atoms with Gasteiger partial charge in [0.25, 0.3) is 0 Å². The minimum absolute atomic E-state index is 0.0543. The summed E-state index contributed by atoms with van der Waals surface area (Å²) in [7, 11) is 1.84. The zero-order valence-corrected chi connectivity index (χ0v) is 16.6. The first kappa shape index (κ1) is 18.2. The summed E-state index contributed by atoms with van der Waals surface area (Å²) >= 11 is 0. The maximum atomic E-state index is 11.9. The van der Waals surface area contributed by atoms with Gasteiger partial charge in [-0.2, -0.15) is 5.10 Å². The van der Waals surface area contributed by atoms with Crippen molar-refractivity contribution in [1.29, 1.82) is 0 Å².